The molecule has 1 amide bonds. The zero-order valence-corrected chi connectivity index (χ0v) is 18.5. The van der Waals surface area contributed by atoms with Gasteiger partial charge in [-0.1, -0.05) is 60.1 Å². The van der Waals surface area contributed by atoms with Crippen LogP contribution in [0.4, 0.5) is 0 Å². The van der Waals surface area contributed by atoms with Gasteiger partial charge in [-0.25, -0.2) is 0 Å². The molecule has 1 aliphatic rings. The minimum atomic E-state index is 0.0662. The monoisotopic (exact) mass is 436 g/mol. The first-order chi connectivity index (χ1) is 15.2. The highest BCUT2D eigenvalue weighted by Crippen LogP contribution is 2.17. The van der Waals surface area contributed by atoms with Crippen LogP contribution in [0.5, 0.6) is 0 Å². The van der Waals surface area contributed by atoms with Crippen LogP contribution in [-0.2, 0) is 13.0 Å². The molecule has 1 saturated heterocycles. The van der Waals surface area contributed by atoms with Crippen LogP contribution in [0, 0.1) is 0 Å². The quantitative estimate of drug-likeness (QED) is 0.552. The molecule has 0 radical (unpaired) electrons. The summed E-state index contributed by atoms with van der Waals surface area (Å²) in [6, 6.07) is 18.4. The van der Waals surface area contributed by atoms with Crippen LogP contribution in [0.1, 0.15) is 34.3 Å². The fourth-order valence-electron chi connectivity index (χ4n) is 4.09. The maximum Gasteiger partial charge on any atom is 0.257 e. The van der Waals surface area contributed by atoms with Gasteiger partial charge in [0.05, 0.1) is 18.3 Å². The highest BCUT2D eigenvalue weighted by atomic mass is 35.5. The van der Waals surface area contributed by atoms with Gasteiger partial charge in [-0.2, -0.15) is 5.10 Å². The van der Waals surface area contributed by atoms with Gasteiger partial charge in [0.2, 0.25) is 0 Å². The first-order valence-electron chi connectivity index (χ1n) is 11.0. The molecule has 1 aromatic heterocycles. The SMILES string of the molecule is O=C(c1cnn(Cc2ccccc2Cl)c1)N1CCCN(CCCc2ccccc2)CC1. The Morgan fingerprint density at radius 1 is 0.968 bits per heavy atom. The van der Waals surface area contributed by atoms with E-state index in [1.54, 1.807) is 10.9 Å². The van der Waals surface area contributed by atoms with E-state index >= 15 is 0 Å². The molecular formula is C25H29ClN4O. The Kier molecular flexibility index (Phi) is 7.39. The third kappa shape index (κ3) is 5.96. The highest BCUT2D eigenvalue weighted by Gasteiger charge is 2.21. The van der Waals surface area contributed by atoms with Crippen molar-refractivity contribution in [3.05, 3.63) is 88.7 Å². The Bertz CT molecular complexity index is 988. The number of amides is 1. The number of nitrogens with zero attached hydrogens (tertiary/aromatic N) is 4. The molecule has 0 spiro atoms. The van der Waals surface area contributed by atoms with Crippen LogP contribution >= 0.6 is 11.6 Å². The molecule has 4 rings (SSSR count). The van der Waals surface area contributed by atoms with Crippen LogP contribution in [0.25, 0.3) is 0 Å². The summed E-state index contributed by atoms with van der Waals surface area (Å²) in [7, 11) is 0. The molecule has 2 aromatic carbocycles. The standard InChI is InChI=1S/C25H29ClN4O/c26-24-12-5-4-11-22(24)19-30-20-23(18-27-30)25(31)29-15-7-14-28(16-17-29)13-6-10-21-8-2-1-3-9-21/h1-5,8-9,11-12,18,20H,6-7,10,13-17,19H2. The summed E-state index contributed by atoms with van der Waals surface area (Å²) < 4.78 is 1.78. The van der Waals surface area contributed by atoms with Gasteiger partial charge in [-0.05, 0) is 49.5 Å². The summed E-state index contributed by atoms with van der Waals surface area (Å²) in [4.78, 5) is 17.5. The number of carbonyl (C=O) groups is 1. The zero-order valence-electron chi connectivity index (χ0n) is 17.8. The molecule has 31 heavy (non-hydrogen) atoms. The van der Waals surface area contributed by atoms with Gasteiger partial charge in [0.1, 0.15) is 0 Å². The Morgan fingerprint density at radius 3 is 2.61 bits per heavy atom. The predicted molar refractivity (Wildman–Crippen MR) is 125 cm³/mol. The highest BCUT2D eigenvalue weighted by molar-refractivity contribution is 6.31. The van der Waals surface area contributed by atoms with Crippen molar-refractivity contribution in [1.29, 1.82) is 0 Å². The smallest absolute Gasteiger partial charge is 0.257 e. The van der Waals surface area contributed by atoms with Crippen LogP contribution in [0.3, 0.4) is 0 Å². The molecule has 0 saturated carbocycles. The first kappa shape index (κ1) is 21.6. The summed E-state index contributed by atoms with van der Waals surface area (Å²) in [5, 5.41) is 5.09. The molecule has 6 heteroatoms. The molecule has 2 heterocycles. The number of aromatic nitrogens is 2. The summed E-state index contributed by atoms with van der Waals surface area (Å²) in [5.41, 5.74) is 3.03. The minimum absolute atomic E-state index is 0.0662. The molecule has 5 nitrogen and oxygen atoms in total. The zero-order chi connectivity index (χ0) is 21.5. The van der Waals surface area contributed by atoms with E-state index in [1.807, 2.05) is 35.4 Å². The van der Waals surface area contributed by atoms with E-state index in [9.17, 15) is 4.79 Å². The van der Waals surface area contributed by atoms with Crippen molar-refractivity contribution >= 4 is 17.5 Å². The van der Waals surface area contributed by atoms with E-state index in [1.165, 1.54) is 5.56 Å². The number of benzene rings is 2. The molecule has 0 aliphatic carbocycles. The van der Waals surface area contributed by atoms with Crippen molar-refractivity contribution in [2.75, 3.05) is 32.7 Å². The lowest BCUT2D eigenvalue weighted by molar-refractivity contribution is 0.0761. The van der Waals surface area contributed by atoms with E-state index in [4.69, 9.17) is 11.6 Å². The van der Waals surface area contributed by atoms with Gasteiger partial charge >= 0.3 is 0 Å². The molecule has 0 atom stereocenters. The Labute approximate surface area is 189 Å². The molecule has 3 aromatic rings. The van der Waals surface area contributed by atoms with Crippen molar-refractivity contribution in [3.8, 4) is 0 Å². The Hall–Kier alpha value is -2.63. The van der Waals surface area contributed by atoms with E-state index < -0.39 is 0 Å². The molecular weight excluding hydrogens is 408 g/mol. The number of hydrogen-bond acceptors (Lipinski definition) is 3. The molecule has 1 aliphatic heterocycles. The largest absolute Gasteiger partial charge is 0.337 e. The number of rotatable bonds is 7. The maximum atomic E-state index is 13.0. The van der Waals surface area contributed by atoms with Crippen LogP contribution in [-0.4, -0.2) is 58.2 Å². The number of halogens is 1. The molecule has 0 N–H and O–H groups in total. The summed E-state index contributed by atoms with van der Waals surface area (Å²) in [5.74, 6) is 0.0662. The van der Waals surface area contributed by atoms with Crippen LogP contribution < -0.4 is 0 Å². The lowest BCUT2D eigenvalue weighted by Crippen LogP contribution is -2.35. The van der Waals surface area contributed by atoms with Crippen molar-refractivity contribution in [1.82, 2.24) is 19.6 Å². The van der Waals surface area contributed by atoms with Crippen LogP contribution in [0.2, 0.25) is 5.02 Å². The normalized spacial score (nSPS) is 15.1. The van der Waals surface area contributed by atoms with E-state index in [2.05, 4.69) is 40.3 Å². The fourth-order valence-corrected chi connectivity index (χ4v) is 4.29. The minimum Gasteiger partial charge on any atom is -0.337 e. The van der Waals surface area contributed by atoms with E-state index in [0.717, 1.165) is 57.5 Å². The van der Waals surface area contributed by atoms with E-state index in [0.29, 0.717) is 17.1 Å². The average Bonchev–Trinajstić information content (AvgIpc) is 3.13. The second kappa shape index (κ2) is 10.6. The van der Waals surface area contributed by atoms with Crippen molar-refractivity contribution < 1.29 is 4.79 Å². The third-order valence-electron chi connectivity index (χ3n) is 5.83. The summed E-state index contributed by atoms with van der Waals surface area (Å²) >= 11 is 6.25. The lowest BCUT2D eigenvalue weighted by atomic mass is 10.1. The second-order valence-electron chi connectivity index (χ2n) is 8.09. The Morgan fingerprint density at radius 2 is 1.77 bits per heavy atom. The average molecular weight is 437 g/mol. The van der Waals surface area contributed by atoms with Gasteiger partial charge in [0, 0.05) is 30.9 Å². The van der Waals surface area contributed by atoms with Crippen LogP contribution in [0.15, 0.2) is 67.0 Å². The number of hydrogen-bond donors (Lipinski definition) is 0. The van der Waals surface area contributed by atoms with Crippen molar-refractivity contribution in [2.45, 2.75) is 25.8 Å². The number of aryl methyl sites for hydroxylation is 1. The summed E-state index contributed by atoms with van der Waals surface area (Å²) in [6.07, 6.45) is 6.75. The summed E-state index contributed by atoms with van der Waals surface area (Å²) in [6.45, 7) is 5.16. The van der Waals surface area contributed by atoms with Crippen molar-refractivity contribution in [3.63, 3.8) is 0 Å². The maximum absolute atomic E-state index is 13.0. The topological polar surface area (TPSA) is 41.4 Å². The second-order valence-corrected chi connectivity index (χ2v) is 8.50. The molecule has 162 valence electrons. The predicted octanol–water partition coefficient (Wildman–Crippen LogP) is 4.37. The molecule has 0 bridgehead atoms. The fraction of sp³-hybridized carbons (Fsp3) is 0.360. The first-order valence-corrected chi connectivity index (χ1v) is 11.4. The number of carbonyl (C=O) groups excluding carboxylic acids is 1. The van der Waals surface area contributed by atoms with Gasteiger partial charge in [0.15, 0.2) is 0 Å². The van der Waals surface area contributed by atoms with Crippen molar-refractivity contribution in [2.24, 2.45) is 0 Å². The Balaban J connectivity index is 1.27. The van der Waals surface area contributed by atoms with E-state index in [-0.39, 0.29) is 5.91 Å². The molecule has 0 unspecified atom stereocenters. The van der Waals surface area contributed by atoms with Gasteiger partial charge in [-0.15, -0.1) is 0 Å². The molecule has 1 fully saturated rings. The van der Waals surface area contributed by atoms with Gasteiger partial charge < -0.3 is 9.80 Å². The van der Waals surface area contributed by atoms with Gasteiger partial charge in [0.25, 0.3) is 5.91 Å². The lowest BCUT2D eigenvalue weighted by Gasteiger charge is -2.21. The third-order valence-corrected chi connectivity index (χ3v) is 6.20. The van der Waals surface area contributed by atoms with Gasteiger partial charge in [-0.3, -0.25) is 9.48 Å².